The van der Waals surface area contributed by atoms with Gasteiger partial charge in [0.1, 0.15) is 0 Å². The third-order valence-corrected chi connectivity index (χ3v) is 4.20. The zero-order valence-electron chi connectivity index (χ0n) is 12.1. The summed E-state index contributed by atoms with van der Waals surface area (Å²) in [6.45, 7) is 2.98. The molecule has 7 heteroatoms. The highest BCUT2D eigenvalue weighted by molar-refractivity contribution is 6.34. The topological polar surface area (TPSA) is 101 Å². The summed E-state index contributed by atoms with van der Waals surface area (Å²) in [4.78, 5) is 25.5. The van der Waals surface area contributed by atoms with E-state index in [-0.39, 0.29) is 11.5 Å². The summed E-state index contributed by atoms with van der Waals surface area (Å²) in [6, 6.07) is 3.10. The van der Waals surface area contributed by atoms with Crippen molar-refractivity contribution in [1.29, 1.82) is 0 Å². The number of primary amides is 1. The van der Waals surface area contributed by atoms with Gasteiger partial charge in [-0.3, -0.25) is 9.59 Å². The lowest BCUT2D eigenvalue weighted by Gasteiger charge is -2.26. The number of rotatable bonds is 3. The van der Waals surface area contributed by atoms with Crippen molar-refractivity contribution in [2.24, 2.45) is 11.1 Å². The molecule has 0 bridgehead atoms. The van der Waals surface area contributed by atoms with Gasteiger partial charge in [-0.1, -0.05) is 11.6 Å². The Balaban J connectivity index is 2.41. The number of carbonyl (C=O) groups is 2. The predicted molar refractivity (Wildman–Crippen MR) is 83.4 cm³/mol. The summed E-state index contributed by atoms with van der Waals surface area (Å²) >= 11 is 6.24. The molecule has 1 aliphatic rings. The van der Waals surface area contributed by atoms with Crippen LogP contribution in [-0.2, 0) is 4.79 Å². The van der Waals surface area contributed by atoms with Crippen molar-refractivity contribution < 1.29 is 9.59 Å². The van der Waals surface area contributed by atoms with E-state index < -0.39 is 11.3 Å². The summed E-state index contributed by atoms with van der Waals surface area (Å²) in [7, 11) is 1.61. The van der Waals surface area contributed by atoms with Gasteiger partial charge in [0.15, 0.2) is 0 Å². The maximum atomic E-state index is 12.0. The molecule has 1 heterocycles. The Morgan fingerprint density at radius 1 is 1.43 bits per heavy atom. The molecule has 0 aromatic heterocycles. The molecule has 0 aliphatic carbocycles. The van der Waals surface area contributed by atoms with Gasteiger partial charge in [0.05, 0.1) is 21.7 Å². The monoisotopic (exact) mass is 310 g/mol. The molecule has 5 N–H and O–H groups in total. The molecule has 1 unspecified atom stereocenters. The van der Waals surface area contributed by atoms with Crippen LogP contribution < -0.4 is 21.7 Å². The largest absolute Gasteiger partial charge is 0.399 e. The lowest BCUT2D eigenvalue weighted by Crippen LogP contribution is -2.39. The van der Waals surface area contributed by atoms with Crippen LogP contribution in [0.2, 0.25) is 5.02 Å². The Bertz CT molecular complexity index is 605. The van der Waals surface area contributed by atoms with E-state index in [0.717, 1.165) is 0 Å². The fourth-order valence-electron chi connectivity index (χ4n) is 2.77. The maximum Gasteiger partial charge on any atom is 0.250 e. The third kappa shape index (κ3) is 2.76. The molecule has 1 saturated heterocycles. The summed E-state index contributed by atoms with van der Waals surface area (Å²) in [6.07, 6.45) is 0.672. The van der Waals surface area contributed by atoms with Crippen LogP contribution in [0, 0.1) is 5.41 Å². The number of nitrogens with two attached hydrogens (primary N) is 2. The van der Waals surface area contributed by atoms with E-state index >= 15 is 0 Å². The SMILES string of the molecule is CNC(=O)C1(C)CCN(c2c(Cl)cc(N)cc2C(N)=O)C1. The number of anilines is 2. The molecule has 1 aliphatic heterocycles. The quantitative estimate of drug-likeness (QED) is 0.724. The first-order chi connectivity index (χ1) is 9.78. The molecule has 2 rings (SSSR count). The summed E-state index contributed by atoms with van der Waals surface area (Å²) in [5, 5.41) is 3.04. The Morgan fingerprint density at radius 3 is 2.67 bits per heavy atom. The zero-order valence-corrected chi connectivity index (χ0v) is 12.8. The molecule has 114 valence electrons. The summed E-state index contributed by atoms with van der Waals surface area (Å²) in [5.74, 6) is -0.620. The first kappa shape index (κ1) is 15.4. The summed E-state index contributed by atoms with van der Waals surface area (Å²) in [5.41, 5.74) is 11.8. The molecule has 21 heavy (non-hydrogen) atoms. The average molecular weight is 311 g/mol. The fraction of sp³-hybridized carbons (Fsp3) is 0.429. The number of hydrogen-bond acceptors (Lipinski definition) is 4. The normalized spacial score (nSPS) is 21.4. The Morgan fingerprint density at radius 2 is 2.10 bits per heavy atom. The van der Waals surface area contributed by atoms with Crippen LogP contribution >= 0.6 is 11.6 Å². The van der Waals surface area contributed by atoms with Crippen LogP contribution in [0.25, 0.3) is 0 Å². The van der Waals surface area contributed by atoms with Crippen LogP contribution in [0.5, 0.6) is 0 Å². The molecule has 2 amide bonds. The van der Waals surface area contributed by atoms with Gasteiger partial charge in [0, 0.05) is 25.8 Å². The lowest BCUT2D eigenvalue weighted by molar-refractivity contribution is -0.128. The lowest BCUT2D eigenvalue weighted by atomic mass is 9.89. The van der Waals surface area contributed by atoms with E-state index in [1.807, 2.05) is 11.8 Å². The first-order valence-electron chi connectivity index (χ1n) is 6.64. The van der Waals surface area contributed by atoms with Crippen molar-refractivity contribution in [2.45, 2.75) is 13.3 Å². The molecule has 1 aromatic carbocycles. The Hall–Kier alpha value is -1.95. The average Bonchev–Trinajstić information content (AvgIpc) is 2.80. The highest BCUT2D eigenvalue weighted by atomic mass is 35.5. The number of nitrogens with zero attached hydrogens (tertiary/aromatic N) is 1. The Labute approximate surface area is 128 Å². The van der Waals surface area contributed by atoms with Gasteiger partial charge in [0.2, 0.25) is 5.91 Å². The van der Waals surface area contributed by atoms with Gasteiger partial charge in [-0.05, 0) is 25.5 Å². The fourth-order valence-corrected chi connectivity index (χ4v) is 3.12. The number of hydrogen-bond donors (Lipinski definition) is 3. The van der Waals surface area contributed by atoms with E-state index in [1.54, 1.807) is 13.1 Å². The number of amides is 2. The number of nitrogens with one attached hydrogen (secondary N) is 1. The van der Waals surface area contributed by atoms with Gasteiger partial charge < -0.3 is 21.7 Å². The van der Waals surface area contributed by atoms with E-state index in [4.69, 9.17) is 23.1 Å². The minimum absolute atomic E-state index is 0.0304. The molecule has 0 radical (unpaired) electrons. The minimum Gasteiger partial charge on any atom is -0.399 e. The second kappa shape index (κ2) is 5.44. The van der Waals surface area contributed by atoms with Gasteiger partial charge in [0.25, 0.3) is 5.91 Å². The van der Waals surface area contributed by atoms with Gasteiger partial charge in [-0.2, -0.15) is 0 Å². The van der Waals surface area contributed by atoms with Crippen LogP contribution in [0.4, 0.5) is 11.4 Å². The number of carbonyl (C=O) groups excluding carboxylic acids is 2. The predicted octanol–water partition coefficient (Wildman–Crippen LogP) is 0.984. The van der Waals surface area contributed by atoms with Crippen LogP contribution in [-0.4, -0.2) is 32.0 Å². The number of halogens is 1. The molecule has 0 saturated carbocycles. The number of nitrogen functional groups attached to an aromatic ring is 1. The maximum absolute atomic E-state index is 12.0. The van der Waals surface area contributed by atoms with Gasteiger partial charge in [-0.15, -0.1) is 0 Å². The molecule has 1 aromatic rings. The van der Waals surface area contributed by atoms with E-state index in [2.05, 4.69) is 5.32 Å². The van der Waals surface area contributed by atoms with Gasteiger partial charge >= 0.3 is 0 Å². The van der Waals surface area contributed by atoms with Crippen molar-refractivity contribution in [3.8, 4) is 0 Å². The molecular formula is C14H19ClN4O2. The van der Waals surface area contributed by atoms with Crippen molar-refractivity contribution >= 4 is 34.8 Å². The molecule has 1 fully saturated rings. The minimum atomic E-state index is -0.590. The molecule has 6 nitrogen and oxygen atoms in total. The summed E-state index contributed by atoms with van der Waals surface area (Å²) < 4.78 is 0. The standard InChI is InChI=1S/C14H19ClN4O2/c1-14(13(21)18-2)3-4-19(7-14)11-9(12(17)20)5-8(16)6-10(11)15/h5-6H,3-4,7,16H2,1-2H3,(H2,17,20)(H,18,21). The van der Waals surface area contributed by atoms with Gasteiger partial charge in [-0.25, -0.2) is 0 Å². The highest BCUT2D eigenvalue weighted by Crippen LogP contribution is 2.39. The third-order valence-electron chi connectivity index (χ3n) is 3.92. The zero-order chi connectivity index (χ0) is 15.8. The van der Waals surface area contributed by atoms with Crippen molar-refractivity contribution in [2.75, 3.05) is 30.8 Å². The van der Waals surface area contributed by atoms with Crippen LogP contribution in [0.1, 0.15) is 23.7 Å². The van der Waals surface area contributed by atoms with E-state index in [0.29, 0.717) is 35.9 Å². The molecule has 1 atom stereocenters. The Kier molecular flexibility index (Phi) is 4.00. The van der Waals surface area contributed by atoms with Crippen LogP contribution in [0.3, 0.4) is 0 Å². The smallest absolute Gasteiger partial charge is 0.250 e. The van der Waals surface area contributed by atoms with E-state index in [1.165, 1.54) is 6.07 Å². The van der Waals surface area contributed by atoms with E-state index in [9.17, 15) is 9.59 Å². The van der Waals surface area contributed by atoms with Crippen molar-refractivity contribution in [3.63, 3.8) is 0 Å². The second-order valence-electron chi connectivity index (χ2n) is 5.57. The van der Waals surface area contributed by atoms with Crippen molar-refractivity contribution in [3.05, 3.63) is 22.7 Å². The highest BCUT2D eigenvalue weighted by Gasteiger charge is 2.41. The number of benzene rings is 1. The molecule has 0 spiro atoms. The van der Waals surface area contributed by atoms with Crippen molar-refractivity contribution in [1.82, 2.24) is 5.32 Å². The van der Waals surface area contributed by atoms with Crippen LogP contribution in [0.15, 0.2) is 12.1 Å². The first-order valence-corrected chi connectivity index (χ1v) is 7.02. The second-order valence-corrected chi connectivity index (χ2v) is 5.98. The molecular weight excluding hydrogens is 292 g/mol.